The number of fused-ring (bicyclic) bond motifs is 3. The highest BCUT2D eigenvalue weighted by Crippen LogP contribution is 2.38. The summed E-state index contributed by atoms with van der Waals surface area (Å²) in [6.45, 7) is 4.52. The minimum atomic E-state index is -1.27. The quantitative estimate of drug-likeness (QED) is 0.943. The van der Waals surface area contributed by atoms with Gasteiger partial charge < -0.3 is 14.3 Å². The van der Waals surface area contributed by atoms with Gasteiger partial charge in [0.1, 0.15) is 17.1 Å². The highest BCUT2D eigenvalue weighted by atomic mass is 16.5. The third kappa shape index (κ3) is 2.19. The molecule has 0 aliphatic heterocycles. The van der Waals surface area contributed by atoms with Crippen LogP contribution >= 0.6 is 0 Å². The van der Waals surface area contributed by atoms with E-state index < -0.39 is 11.6 Å². The van der Waals surface area contributed by atoms with E-state index in [0.29, 0.717) is 24.4 Å². The third-order valence-electron chi connectivity index (χ3n) is 4.00. The number of carbonyl (C=O) groups is 1. The molecule has 5 heteroatoms. The summed E-state index contributed by atoms with van der Waals surface area (Å²) in [5.74, 6) is 0.109. The van der Waals surface area contributed by atoms with E-state index in [1.54, 1.807) is 0 Å². The second-order valence-electron chi connectivity index (χ2n) is 5.24. The number of hydrogen-bond acceptors (Lipinski definition) is 4. The lowest BCUT2D eigenvalue weighted by molar-refractivity contribution is 0.0691. The Kier molecular flexibility index (Phi) is 3.48. The lowest BCUT2D eigenvalue weighted by Crippen LogP contribution is -2.17. The van der Waals surface area contributed by atoms with Crippen LogP contribution in [0.2, 0.25) is 0 Å². The van der Waals surface area contributed by atoms with E-state index in [9.17, 15) is 9.59 Å². The van der Waals surface area contributed by atoms with Gasteiger partial charge >= 0.3 is 11.6 Å². The number of aryl methyl sites for hydroxylation is 1. The SMILES string of the molecule is CCOc1ccc2c(c1C)CCc1oc(=O)c(C(=O)O)cc1-2. The smallest absolute Gasteiger partial charge is 0.350 e. The first kappa shape index (κ1) is 14.4. The summed E-state index contributed by atoms with van der Waals surface area (Å²) in [6, 6.07) is 5.19. The maximum absolute atomic E-state index is 11.7. The molecule has 0 fully saturated rings. The summed E-state index contributed by atoms with van der Waals surface area (Å²) in [4.78, 5) is 22.8. The summed E-state index contributed by atoms with van der Waals surface area (Å²) < 4.78 is 10.8. The average Bonchev–Trinajstić information content (AvgIpc) is 2.48. The van der Waals surface area contributed by atoms with Crippen LogP contribution in [-0.4, -0.2) is 17.7 Å². The molecule has 1 heterocycles. The van der Waals surface area contributed by atoms with Crippen molar-refractivity contribution >= 4 is 5.97 Å². The van der Waals surface area contributed by atoms with Crippen LogP contribution in [0.5, 0.6) is 5.75 Å². The number of carboxylic acids is 1. The predicted molar refractivity (Wildman–Crippen MR) is 80.7 cm³/mol. The summed E-state index contributed by atoms with van der Waals surface area (Å²) >= 11 is 0. The van der Waals surface area contributed by atoms with E-state index in [1.807, 2.05) is 26.0 Å². The molecular formula is C17H16O5. The average molecular weight is 300 g/mol. The molecule has 0 unspecified atom stereocenters. The number of aromatic carboxylic acids is 1. The first-order valence-corrected chi connectivity index (χ1v) is 7.19. The summed E-state index contributed by atoms with van der Waals surface area (Å²) in [6.07, 6.45) is 1.32. The van der Waals surface area contributed by atoms with Crippen LogP contribution in [0.4, 0.5) is 0 Å². The number of benzene rings is 1. The number of ether oxygens (including phenoxy) is 1. The van der Waals surface area contributed by atoms with Gasteiger partial charge in [0.2, 0.25) is 0 Å². The molecule has 1 aromatic heterocycles. The van der Waals surface area contributed by atoms with Crippen LogP contribution in [-0.2, 0) is 12.8 Å². The van der Waals surface area contributed by atoms with Gasteiger partial charge in [0.25, 0.3) is 0 Å². The van der Waals surface area contributed by atoms with Gasteiger partial charge in [-0.05, 0) is 49.1 Å². The van der Waals surface area contributed by atoms with E-state index in [4.69, 9.17) is 14.3 Å². The molecule has 0 radical (unpaired) electrons. The van der Waals surface area contributed by atoms with Crippen LogP contribution in [0.15, 0.2) is 27.4 Å². The fourth-order valence-corrected chi connectivity index (χ4v) is 2.93. The Balaban J connectivity index is 2.21. The van der Waals surface area contributed by atoms with Crippen LogP contribution in [0, 0.1) is 6.92 Å². The van der Waals surface area contributed by atoms with E-state index >= 15 is 0 Å². The number of rotatable bonds is 3. The van der Waals surface area contributed by atoms with Gasteiger partial charge in [-0.1, -0.05) is 6.07 Å². The van der Waals surface area contributed by atoms with Crippen molar-refractivity contribution in [3.63, 3.8) is 0 Å². The molecule has 3 rings (SSSR count). The van der Waals surface area contributed by atoms with Crippen molar-refractivity contribution < 1.29 is 19.1 Å². The predicted octanol–water partition coefficient (Wildman–Crippen LogP) is 2.81. The Morgan fingerprint density at radius 3 is 2.77 bits per heavy atom. The normalized spacial score (nSPS) is 12.5. The maximum Gasteiger partial charge on any atom is 0.350 e. The zero-order valence-electron chi connectivity index (χ0n) is 12.4. The summed E-state index contributed by atoms with van der Waals surface area (Å²) in [5, 5.41) is 9.10. The highest BCUT2D eigenvalue weighted by Gasteiger charge is 2.24. The lowest BCUT2D eigenvalue weighted by atomic mass is 9.86. The maximum atomic E-state index is 11.7. The Bertz CT molecular complexity index is 817. The van der Waals surface area contributed by atoms with Gasteiger partial charge in [-0.3, -0.25) is 0 Å². The zero-order chi connectivity index (χ0) is 15.9. The van der Waals surface area contributed by atoms with Crippen molar-refractivity contribution in [3.8, 4) is 16.9 Å². The molecule has 1 aliphatic carbocycles. The van der Waals surface area contributed by atoms with Crippen molar-refractivity contribution in [2.45, 2.75) is 26.7 Å². The standard InChI is InChI=1S/C17H16O5/c1-3-21-14-6-5-11-10(9(14)2)4-7-15-12(11)8-13(16(18)19)17(20)22-15/h5-6,8H,3-4,7H2,1-2H3,(H,18,19). The molecule has 0 bridgehead atoms. The van der Waals surface area contributed by atoms with Gasteiger partial charge in [-0.15, -0.1) is 0 Å². The molecule has 0 saturated heterocycles. The summed E-state index contributed by atoms with van der Waals surface area (Å²) in [5.41, 5.74) is 2.63. The van der Waals surface area contributed by atoms with Gasteiger partial charge in [0, 0.05) is 12.0 Å². The minimum absolute atomic E-state index is 0.335. The Morgan fingerprint density at radius 1 is 1.32 bits per heavy atom. The Labute approximate surface area is 127 Å². The molecule has 0 atom stereocenters. The Hall–Kier alpha value is -2.56. The fraction of sp³-hybridized carbons (Fsp3) is 0.294. The topological polar surface area (TPSA) is 76.7 Å². The molecule has 2 aromatic rings. The zero-order valence-corrected chi connectivity index (χ0v) is 12.4. The molecule has 0 saturated carbocycles. The molecule has 114 valence electrons. The monoisotopic (exact) mass is 300 g/mol. The minimum Gasteiger partial charge on any atom is -0.494 e. The van der Waals surface area contributed by atoms with E-state index in [-0.39, 0.29) is 5.56 Å². The molecule has 1 aromatic carbocycles. The molecule has 1 aliphatic rings. The first-order valence-electron chi connectivity index (χ1n) is 7.19. The molecule has 0 spiro atoms. The van der Waals surface area contributed by atoms with E-state index in [2.05, 4.69) is 0 Å². The second-order valence-corrected chi connectivity index (χ2v) is 5.24. The largest absolute Gasteiger partial charge is 0.494 e. The van der Waals surface area contributed by atoms with Crippen LogP contribution in [0.1, 0.15) is 34.2 Å². The molecule has 22 heavy (non-hydrogen) atoms. The van der Waals surface area contributed by atoms with Gasteiger partial charge in [-0.2, -0.15) is 0 Å². The molecule has 0 amide bonds. The molecular weight excluding hydrogens is 284 g/mol. The van der Waals surface area contributed by atoms with Crippen molar-refractivity contribution in [1.29, 1.82) is 0 Å². The van der Waals surface area contributed by atoms with Crippen molar-refractivity contribution in [2.24, 2.45) is 0 Å². The van der Waals surface area contributed by atoms with Crippen molar-refractivity contribution in [1.82, 2.24) is 0 Å². The third-order valence-corrected chi connectivity index (χ3v) is 4.00. The second kappa shape index (κ2) is 5.33. The molecule has 1 N–H and O–H groups in total. The summed E-state index contributed by atoms with van der Waals surface area (Å²) in [7, 11) is 0. The lowest BCUT2D eigenvalue weighted by Gasteiger charge is -2.22. The van der Waals surface area contributed by atoms with Gasteiger partial charge in [0.15, 0.2) is 0 Å². The van der Waals surface area contributed by atoms with Crippen molar-refractivity contribution in [2.75, 3.05) is 6.61 Å². The highest BCUT2D eigenvalue weighted by molar-refractivity contribution is 5.89. The van der Waals surface area contributed by atoms with Crippen LogP contribution < -0.4 is 10.4 Å². The van der Waals surface area contributed by atoms with Crippen LogP contribution in [0.3, 0.4) is 0 Å². The van der Waals surface area contributed by atoms with Crippen LogP contribution in [0.25, 0.3) is 11.1 Å². The first-order chi connectivity index (χ1) is 10.5. The van der Waals surface area contributed by atoms with E-state index in [1.165, 1.54) is 6.07 Å². The number of hydrogen-bond donors (Lipinski definition) is 1. The number of carboxylic acid groups (broad SMARTS) is 1. The molecule has 5 nitrogen and oxygen atoms in total. The van der Waals surface area contributed by atoms with Gasteiger partial charge in [0.05, 0.1) is 6.61 Å². The van der Waals surface area contributed by atoms with Gasteiger partial charge in [-0.25, -0.2) is 9.59 Å². The Morgan fingerprint density at radius 2 is 2.09 bits per heavy atom. The van der Waals surface area contributed by atoms with E-state index in [0.717, 1.165) is 28.9 Å². The fourth-order valence-electron chi connectivity index (χ4n) is 2.93. The van der Waals surface area contributed by atoms with Crippen molar-refractivity contribution in [3.05, 3.63) is 51.1 Å².